The van der Waals surface area contributed by atoms with E-state index in [1.54, 1.807) is 11.9 Å². The largest absolute Gasteiger partial charge is 0.359 e. The van der Waals surface area contributed by atoms with Crippen LogP contribution in [0.2, 0.25) is 0 Å². The SMILES string of the molecule is CF.CN(c1ccc(C(C)(C)C)cc1)C(C(=O)NC1CCC(F)(F)CC1)c1cncc(F)c1.N#CN1CCCC1C=O. The lowest BCUT2D eigenvalue weighted by Crippen LogP contribution is -2.46. The summed E-state index contributed by atoms with van der Waals surface area (Å²) in [4.78, 5) is 30.6. The maximum Gasteiger partial charge on any atom is 0.248 e. The molecule has 2 aromatic rings. The van der Waals surface area contributed by atoms with Crippen LogP contribution in [-0.2, 0) is 15.0 Å². The molecule has 7 nitrogen and oxygen atoms in total. The van der Waals surface area contributed by atoms with Crippen molar-refractivity contribution >= 4 is 17.9 Å². The molecule has 230 valence electrons. The molecule has 0 radical (unpaired) electrons. The number of carbonyl (C=O) groups excluding carboxylic acids is 2. The lowest BCUT2D eigenvalue weighted by Gasteiger charge is -2.33. The van der Waals surface area contributed by atoms with E-state index in [2.05, 4.69) is 31.1 Å². The summed E-state index contributed by atoms with van der Waals surface area (Å²) in [5.41, 5.74) is 2.33. The third-order valence-corrected chi connectivity index (χ3v) is 7.47. The van der Waals surface area contributed by atoms with E-state index in [1.165, 1.54) is 17.2 Å². The molecule has 1 amide bonds. The Bertz CT molecular complexity index is 1190. The second kappa shape index (κ2) is 15.5. The number of nitriles is 1. The Balaban J connectivity index is 0.000000473. The summed E-state index contributed by atoms with van der Waals surface area (Å²) in [5.74, 6) is -3.56. The second-order valence-electron chi connectivity index (χ2n) is 11.5. The summed E-state index contributed by atoms with van der Waals surface area (Å²) < 4.78 is 50.3. The Labute approximate surface area is 245 Å². The van der Waals surface area contributed by atoms with Crippen molar-refractivity contribution in [3.05, 3.63) is 59.7 Å². The topological polar surface area (TPSA) is 89.3 Å². The van der Waals surface area contributed by atoms with Crippen LogP contribution in [-0.4, -0.2) is 60.9 Å². The average Bonchev–Trinajstić information content (AvgIpc) is 3.43. The van der Waals surface area contributed by atoms with Gasteiger partial charge in [-0.15, -0.1) is 0 Å². The highest BCUT2D eigenvalue weighted by Gasteiger charge is 2.37. The van der Waals surface area contributed by atoms with Gasteiger partial charge < -0.3 is 19.9 Å². The molecular formula is C31H41F4N5O2. The van der Waals surface area contributed by atoms with Gasteiger partial charge >= 0.3 is 0 Å². The first-order valence-electron chi connectivity index (χ1n) is 14.0. The molecule has 4 rings (SSSR count). The molecule has 1 aromatic heterocycles. The minimum absolute atomic E-state index is 0.0105. The third kappa shape index (κ3) is 9.71. The highest BCUT2D eigenvalue weighted by Crippen LogP contribution is 2.34. The summed E-state index contributed by atoms with van der Waals surface area (Å²) in [6.07, 6.45) is 7.12. The molecule has 1 aliphatic heterocycles. The van der Waals surface area contributed by atoms with Crippen LogP contribution >= 0.6 is 0 Å². The Hall–Kier alpha value is -3.68. The summed E-state index contributed by atoms with van der Waals surface area (Å²) in [5, 5.41) is 11.3. The summed E-state index contributed by atoms with van der Waals surface area (Å²) >= 11 is 0. The van der Waals surface area contributed by atoms with Gasteiger partial charge in [-0.1, -0.05) is 32.9 Å². The van der Waals surface area contributed by atoms with Crippen molar-refractivity contribution in [2.75, 3.05) is 25.7 Å². The third-order valence-electron chi connectivity index (χ3n) is 7.47. The number of aldehydes is 1. The van der Waals surface area contributed by atoms with Gasteiger partial charge in [-0.3, -0.25) is 14.2 Å². The molecule has 0 spiro atoms. The van der Waals surface area contributed by atoms with Gasteiger partial charge in [-0.2, -0.15) is 5.26 Å². The van der Waals surface area contributed by atoms with Crippen molar-refractivity contribution in [2.24, 2.45) is 0 Å². The Morgan fingerprint density at radius 3 is 2.29 bits per heavy atom. The molecule has 1 N–H and O–H groups in total. The number of pyridine rings is 1. The minimum atomic E-state index is -2.67. The van der Waals surface area contributed by atoms with Crippen LogP contribution < -0.4 is 10.2 Å². The van der Waals surface area contributed by atoms with Gasteiger partial charge in [-0.05, 0) is 54.9 Å². The van der Waals surface area contributed by atoms with E-state index in [4.69, 9.17) is 5.26 Å². The van der Waals surface area contributed by atoms with E-state index in [-0.39, 0.29) is 49.1 Å². The highest BCUT2D eigenvalue weighted by molar-refractivity contribution is 5.86. The fraction of sp³-hybridized carbons (Fsp3) is 0.548. The second-order valence-corrected chi connectivity index (χ2v) is 11.5. The van der Waals surface area contributed by atoms with Crippen LogP contribution in [0.25, 0.3) is 0 Å². The monoisotopic (exact) mass is 591 g/mol. The summed E-state index contributed by atoms with van der Waals surface area (Å²) in [7, 11) is 2.26. The van der Waals surface area contributed by atoms with Gasteiger partial charge in [0.2, 0.25) is 11.8 Å². The van der Waals surface area contributed by atoms with E-state index in [0.717, 1.165) is 43.1 Å². The molecule has 42 heavy (non-hydrogen) atoms. The number of amides is 1. The number of carbonyl (C=O) groups is 2. The highest BCUT2D eigenvalue weighted by atomic mass is 19.3. The number of benzene rings is 1. The van der Waals surface area contributed by atoms with Crippen molar-refractivity contribution < 1.29 is 27.2 Å². The molecule has 1 aromatic carbocycles. The summed E-state index contributed by atoms with van der Waals surface area (Å²) in [6.45, 7) is 7.11. The normalized spacial score (nSPS) is 18.8. The molecule has 2 aliphatic rings. The zero-order valence-corrected chi connectivity index (χ0v) is 24.9. The average molecular weight is 592 g/mol. The Kier molecular flexibility index (Phi) is 12.8. The maximum absolute atomic E-state index is 13.9. The van der Waals surface area contributed by atoms with Gasteiger partial charge in [0.25, 0.3) is 0 Å². The molecule has 2 heterocycles. The lowest BCUT2D eigenvalue weighted by molar-refractivity contribution is -0.124. The number of hydrogen-bond acceptors (Lipinski definition) is 6. The number of aromatic nitrogens is 1. The fourth-order valence-corrected chi connectivity index (χ4v) is 5.00. The van der Waals surface area contributed by atoms with E-state index in [0.29, 0.717) is 12.7 Å². The van der Waals surface area contributed by atoms with Gasteiger partial charge in [0, 0.05) is 49.9 Å². The van der Waals surface area contributed by atoms with E-state index in [1.807, 2.05) is 30.5 Å². The van der Waals surface area contributed by atoms with Gasteiger partial charge in [0.1, 0.15) is 18.1 Å². The Morgan fingerprint density at radius 2 is 1.79 bits per heavy atom. The molecule has 1 saturated carbocycles. The van der Waals surface area contributed by atoms with Crippen LogP contribution in [0, 0.1) is 17.3 Å². The zero-order chi connectivity index (χ0) is 31.5. The molecule has 11 heteroatoms. The predicted molar refractivity (Wildman–Crippen MR) is 154 cm³/mol. The molecular weight excluding hydrogens is 550 g/mol. The van der Waals surface area contributed by atoms with Crippen LogP contribution in [0.3, 0.4) is 0 Å². The first kappa shape index (κ1) is 34.5. The molecule has 1 aliphatic carbocycles. The first-order valence-corrected chi connectivity index (χ1v) is 14.0. The number of alkyl halides is 3. The van der Waals surface area contributed by atoms with E-state index in [9.17, 15) is 27.2 Å². The Morgan fingerprint density at radius 1 is 1.17 bits per heavy atom. The number of nitrogens with zero attached hydrogens (tertiary/aromatic N) is 4. The number of rotatable bonds is 6. The van der Waals surface area contributed by atoms with Crippen molar-refractivity contribution in [3.8, 4) is 6.19 Å². The molecule has 2 fully saturated rings. The standard InChI is InChI=1S/C24H30F3N3O.C6H8N2O.CH3F/c1-23(2,3)17-5-7-20(8-6-17)30(4)21(16-13-18(25)15-28-14-16)22(31)29-19-9-11-24(26,27)12-10-19;7-5-8-3-1-2-6(8)4-9;1-2/h5-8,13-15,19,21H,9-12H2,1-4H3,(H,29,31);4,6H,1-3H2;1H3. The smallest absolute Gasteiger partial charge is 0.248 e. The van der Waals surface area contributed by atoms with E-state index >= 15 is 0 Å². The molecule has 1 saturated heterocycles. The van der Waals surface area contributed by atoms with Gasteiger partial charge in [0.15, 0.2) is 6.19 Å². The number of likely N-dealkylation sites (tertiary alicyclic amines) is 1. The summed E-state index contributed by atoms with van der Waals surface area (Å²) in [6, 6.07) is 7.85. The van der Waals surface area contributed by atoms with Crippen molar-refractivity contribution in [1.82, 2.24) is 15.2 Å². The maximum atomic E-state index is 13.9. The predicted octanol–water partition coefficient (Wildman–Crippen LogP) is 6.11. The molecule has 2 atom stereocenters. The van der Waals surface area contributed by atoms with Crippen molar-refractivity contribution in [1.29, 1.82) is 5.26 Å². The van der Waals surface area contributed by atoms with Crippen LogP contribution in [0.1, 0.15) is 76.5 Å². The number of likely N-dealkylation sites (N-methyl/N-ethyl adjacent to an activating group) is 1. The molecule has 2 unspecified atom stereocenters. The lowest BCUT2D eigenvalue weighted by atomic mass is 9.87. The molecule has 0 bridgehead atoms. The van der Waals surface area contributed by atoms with Crippen LogP contribution in [0.15, 0.2) is 42.7 Å². The zero-order valence-electron chi connectivity index (χ0n) is 24.9. The van der Waals surface area contributed by atoms with Gasteiger partial charge in [0.05, 0.1) is 19.4 Å². The van der Waals surface area contributed by atoms with Gasteiger partial charge in [-0.25, -0.2) is 13.2 Å². The van der Waals surface area contributed by atoms with Crippen LogP contribution in [0.4, 0.5) is 23.2 Å². The minimum Gasteiger partial charge on any atom is -0.359 e. The fourth-order valence-electron chi connectivity index (χ4n) is 5.00. The number of hydrogen-bond donors (Lipinski definition) is 1. The van der Waals surface area contributed by atoms with E-state index < -0.39 is 17.8 Å². The number of nitrogens with one attached hydrogen (secondary N) is 1. The number of halogens is 4. The van der Waals surface area contributed by atoms with Crippen molar-refractivity contribution in [3.63, 3.8) is 0 Å². The van der Waals surface area contributed by atoms with Crippen LogP contribution in [0.5, 0.6) is 0 Å². The van der Waals surface area contributed by atoms with Crippen molar-refractivity contribution in [2.45, 2.75) is 88.8 Å². The first-order chi connectivity index (χ1) is 19.8. The number of anilines is 1. The quantitative estimate of drug-likeness (QED) is 0.248.